The third kappa shape index (κ3) is 3.53. The molecule has 8 nitrogen and oxygen atoms in total. The number of carbonyl (C=O) groups excluding carboxylic acids is 1. The lowest BCUT2D eigenvalue weighted by atomic mass is 9.99. The minimum atomic E-state index is -1.44. The van der Waals surface area contributed by atoms with Crippen molar-refractivity contribution in [1.29, 1.82) is 0 Å². The van der Waals surface area contributed by atoms with Gasteiger partial charge in [0.2, 0.25) is 0 Å². The summed E-state index contributed by atoms with van der Waals surface area (Å²) in [5, 5.41) is 28.7. The molecule has 0 radical (unpaired) electrons. The number of aliphatic hydroxyl groups excluding tert-OH is 3. The van der Waals surface area contributed by atoms with E-state index in [4.69, 9.17) is 9.47 Å². The second-order valence-electron chi connectivity index (χ2n) is 3.74. The molecule has 5 atom stereocenters. The Morgan fingerprint density at radius 2 is 1.83 bits per heavy atom. The molecular formula is C10H18O8. The highest BCUT2D eigenvalue weighted by atomic mass is 16.7. The van der Waals surface area contributed by atoms with Crippen molar-refractivity contribution < 1.29 is 39.1 Å². The van der Waals surface area contributed by atoms with Crippen molar-refractivity contribution in [2.45, 2.75) is 37.6 Å². The van der Waals surface area contributed by atoms with Crippen LogP contribution in [0.1, 0.15) is 6.92 Å². The summed E-state index contributed by atoms with van der Waals surface area (Å²) in [4.78, 5) is 11.0. The first-order valence-corrected chi connectivity index (χ1v) is 5.53. The third-order valence-corrected chi connectivity index (χ3v) is 2.53. The van der Waals surface area contributed by atoms with Gasteiger partial charge in [-0.05, 0) is 6.92 Å². The van der Waals surface area contributed by atoms with Gasteiger partial charge < -0.3 is 34.3 Å². The number of aliphatic hydroxyl groups is 3. The lowest BCUT2D eigenvalue weighted by Crippen LogP contribution is -2.59. The summed E-state index contributed by atoms with van der Waals surface area (Å²) in [6.07, 6.45) is -7.20. The Kier molecular flexibility index (Phi) is 5.76. The standard InChI is InChI=1S/C10H18O8/c1-3-16-10(14)17-4-5-6(11)7(12)8(13)9(15-2)18-5/h5-9,11-13H,3-4H2,1-2H3/t5-,6-,7+,8-,9+/m1/s1. The first-order valence-electron chi connectivity index (χ1n) is 5.53. The number of hydrogen-bond donors (Lipinski definition) is 3. The number of ether oxygens (including phenoxy) is 4. The van der Waals surface area contributed by atoms with Gasteiger partial charge in [0.1, 0.15) is 31.0 Å². The molecule has 0 bridgehead atoms. The maximum atomic E-state index is 11.0. The van der Waals surface area contributed by atoms with E-state index < -0.39 is 36.9 Å². The molecule has 1 aliphatic rings. The zero-order valence-electron chi connectivity index (χ0n) is 10.2. The predicted molar refractivity (Wildman–Crippen MR) is 56.7 cm³/mol. The Morgan fingerprint density at radius 3 is 2.39 bits per heavy atom. The molecule has 1 aliphatic heterocycles. The molecule has 0 saturated carbocycles. The van der Waals surface area contributed by atoms with Gasteiger partial charge >= 0.3 is 6.16 Å². The maximum Gasteiger partial charge on any atom is 0.508 e. The summed E-state index contributed by atoms with van der Waals surface area (Å²) in [6.45, 7) is 1.47. The number of methoxy groups -OCH3 is 1. The largest absolute Gasteiger partial charge is 0.508 e. The van der Waals surface area contributed by atoms with Gasteiger partial charge in [-0.15, -0.1) is 0 Å². The molecule has 0 aliphatic carbocycles. The fourth-order valence-electron chi connectivity index (χ4n) is 1.56. The van der Waals surface area contributed by atoms with Crippen molar-refractivity contribution >= 4 is 6.16 Å². The lowest BCUT2D eigenvalue weighted by molar-refractivity contribution is -0.294. The molecular weight excluding hydrogens is 248 g/mol. The van der Waals surface area contributed by atoms with Crippen molar-refractivity contribution in [3.8, 4) is 0 Å². The van der Waals surface area contributed by atoms with E-state index in [-0.39, 0.29) is 13.2 Å². The van der Waals surface area contributed by atoms with Crippen LogP contribution < -0.4 is 0 Å². The van der Waals surface area contributed by atoms with E-state index in [9.17, 15) is 20.1 Å². The number of carbonyl (C=O) groups is 1. The van der Waals surface area contributed by atoms with Crippen LogP contribution in [0.5, 0.6) is 0 Å². The molecule has 0 amide bonds. The van der Waals surface area contributed by atoms with Crippen molar-refractivity contribution in [3.63, 3.8) is 0 Å². The molecule has 18 heavy (non-hydrogen) atoms. The zero-order chi connectivity index (χ0) is 13.7. The highest BCUT2D eigenvalue weighted by Crippen LogP contribution is 2.21. The van der Waals surface area contributed by atoms with Gasteiger partial charge in [-0.1, -0.05) is 0 Å². The molecule has 3 N–H and O–H groups in total. The smallest absolute Gasteiger partial charge is 0.435 e. The zero-order valence-corrected chi connectivity index (χ0v) is 10.2. The van der Waals surface area contributed by atoms with Gasteiger partial charge in [-0.25, -0.2) is 4.79 Å². The van der Waals surface area contributed by atoms with Crippen LogP contribution in [0, 0.1) is 0 Å². The SMILES string of the molecule is CCOC(=O)OC[C@H]1O[C@H](OC)[C@H](O)[C@@H](O)[C@@H]1O. The summed E-state index contributed by atoms with van der Waals surface area (Å²) < 4.78 is 19.1. The average molecular weight is 266 g/mol. The quantitative estimate of drug-likeness (QED) is 0.533. The monoisotopic (exact) mass is 266 g/mol. The van der Waals surface area contributed by atoms with Crippen molar-refractivity contribution in [2.24, 2.45) is 0 Å². The summed E-state index contributed by atoms with van der Waals surface area (Å²) >= 11 is 0. The Hall–Kier alpha value is -0.930. The lowest BCUT2D eigenvalue weighted by Gasteiger charge is -2.39. The van der Waals surface area contributed by atoms with Crippen LogP contribution in [0.4, 0.5) is 4.79 Å². The van der Waals surface area contributed by atoms with Gasteiger partial charge in [-0.3, -0.25) is 0 Å². The van der Waals surface area contributed by atoms with Crippen LogP contribution in [0.3, 0.4) is 0 Å². The van der Waals surface area contributed by atoms with Crippen LogP contribution in [0.2, 0.25) is 0 Å². The van der Waals surface area contributed by atoms with Gasteiger partial charge in [0.05, 0.1) is 6.61 Å². The van der Waals surface area contributed by atoms with Gasteiger partial charge in [0.15, 0.2) is 6.29 Å². The normalized spacial score (nSPS) is 36.2. The molecule has 0 aromatic carbocycles. The van der Waals surface area contributed by atoms with E-state index in [2.05, 4.69) is 9.47 Å². The number of hydrogen-bond acceptors (Lipinski definition) is 8. The van der Waals surface area contributed by atoms with Crippen LogP contribution in [0.25, 0.3) is 0 Å². The van der Waals surface area contributed by atoms with Crippen molar-refractivity contribution in [3.05, 3.63) is 0 Å². The first kappa shape index (κ1) is 15.1. The minimum Gasteiger partial charge on any atom is -0.435 e. The molecule has 1 fully saturated rings. The van der Waals surface area contributed by atoms with E-state index in [1.165, 1.54) is 7.11 Å². The van der Waals surface area contributed by atoms with Gasteiger partial charge in [0, 0.05) is 7.11 Å². The summed E-state index contributed by atoms with van der Waals surface area (Å²) in [5.41, 5.74) is 0. The van der Waals surface area contributed by atoms with Crippen LogP contribution >= 0.6 is 0 Å². The minimum absolute atomic E-state index is 0.162. The van der Waals surface area contributed by atoms with Gasteiger partial charge in [-0.2, -0.15) is 0 Å². The Balaban J connectivity index is 2.51. The molecule has 0 aromatic heterocycles. The van der Waals surface area contributed by atoms with Crippen molar-refractivity contribution in [2.75, 3.05) is 20.3 Å². The fourth-order valence-corrected chi connectivity index (χ4v) is 1.56. The Labute approximate surface area is 104 Å². The molecule has 8 heteroatoms. The summed E-state index contributed by atoms with van der Waals surface area (Å²) in [5.74, 6) is 0. The van der Waals surface area contributed by atoms with Crippen LogP contribution in [-0.2, 0) is 18.9 Å². The highest BCUT2D eigenvalue weighted by Gasteiger charge is 2.44. The Morgan fingerprint density at radius 1 is 1.17 bits per heavy atom. The summed E-state index contributed by atoms with van der Waals surface area (Å²) in [6, 6.07) is 0. The van der Waals surface area contributed by atoms with E-state index in [0.29, 0.717) is 0 Å². The van der Waals surface area contributed by atoms with E-state index in [1.807, 2.05) is 0 Å². The molecule has 0 aromatic rings. The molecule has 1 rings (SSSR count). The van der Waals surface area contributed by atoms with E-state index in [1.54, 1.807) is 6.92 Å². The Bertz CT molecular complexity index is 269. The second-order valence-corrected chi connectivity index (χ2v) is 3.74. The fraction of sp³-hybridized carbons (Fsp3) is 0.900. The average Bonchev–Trinajstić information content (AvgIpc) is 2.35. The molecule has 0 unspecified atom stereocenters. The molecule has 0 spiro atoms. The summed E-state index contributed by atoms with van der Waals surface area (Å²) in [7, 11) is 1.28. The van der Waals surface area contributed by atoms with E-state index in [0.717, 1.165) is 0 Å². The molecule has 1 saturated heterocycles. The van der Waals surface area contributed by atoms with Crippen LogP contribution in [0.15, 0.2) is 0 Å². The third-order valence-electron chi connectivity index (χ3n) is 2.53. The molecule has 106 valence electrons. The van der Waals surface area contributed by atoms with Crippen molar-refractivity contribution in [1.82, 2.24) is 0 Å². The maximum absolute atomic E-state index is 11.0. The molecule has 1 heterocycles. The second kappa shape index (κ2) is 6.86. The predicted octanol–water partition coefficient (Wildman–Crippen LogP) is -1.39. The topological polar surface area (TPSA) is 115 Å². The first-order chi connectivity index (χ1) is 8.51. The van der Waals surface area contributed by atoms with Gasteiger partial charge in [0.25, 0.3) is 0 Å². The number of rotatable bonds is 4. The van der Waals surface area contributed by atoms with Crippen LogP contribution in [-0.4, -0.2) is 72.5 Å². The highest BCUT2D eigenvalue weighted by molar-refractivity contribution is 5.59. The van der Waals surface area contributed by atoms with E-state index >= 15 is 0 Å².